The average molecular weight is 491 g/mol. The Morgan fingerprint density at radius 3 is 2.78 bits per heavy atom. The number of hydrogen-bond acceptors (Lipinski definition) is 6. The molecule has 0 radical (unpaired) electrons. The Bertz CT molecular complexity index is 1130. The number of urea groups is 1. The molecule has 192 valence electrons. The van der Waals surface area contributed by atoms with Crippen molar-refractivity contribution in [3.05, 3.63) is 64.0 Å². The van der Waals surface area contributed by atoms with Gasteiger partial charge in [-0.15, -0.1) is 0 Å². The topological polar surface area (TPSA) is 92.8 Å². The molecule has 1 aromatic carbocycles. The molecule has 2 fully saturated rings. The number of benzene rings is 1. The predicted octanol–water partition coefficient (Wildman–Crippen LogP) is 4.77. The number of piperidine rings is 1. The minimum Gasteiger partial charge on any atom is -0.758 e. The normalized spacial score (nSPS) is 23.9. The third-order valence-corrected chi connectivity index (χ3v) is 7.33. The van der Waals surface area contributed by atoms with Crippen LogP contribution in [0.4, 0.5) is 10.6 Å². The number of pyridine rings is 1. The van der Waals surface area contributed by atoms with Crippen LogP contribution in [-0.2, 0) is 4.74 Å². The lowest BCUT2D eigenvalue weighted by Crippen LogP contribution is -2.50. The molecule has 2 aromatic rings. The Morgan fingerprint density at radius 2 is 2.03 bits per heavy atom. The lowest BCUT2D eigenvalue weighted by molar-refractivity contribution is 0.164. The minimum absolute atomic E-state index is 0.0212. The summed E-state index contributed by atoms with van der Waals surface area (Å²) in [6.07, 6.45) is 4.71. The van der Waals surface area contributed by atoms with E-state index in [1.54, 1.807) is 0 Å². The van der Waals surface area contributed by atoms with Crippen LogP contribution in [0, 0.1) is 18.0 Å². The number of amides is 2. The second kappa shape index (κ2) is 10.5. The first-order chi connectivity index (χ1) is 17.4. The first-order valence-electron chi connectivity index (χ1n) is 13.1. The maximum Gasteiger partial charge on any atom is 0.317 e. The van der Waals surface area contributed by atoms with E-state index in [1.807, 2.05) is 62.1 Å². The van der Waals surface area contributed by atoms with Crippen molar-refractivity contribution in [3.8, 4) is 0 Å². The molecular weight excluding hydrogens is 454 g/mol. The molecule has 8 nitrogen and oxygen atoms in total. The summed E-state index contributed by atoms with van der Waals surface area (Å²) in [5, 5.41) is 21.5. The number of aryl methyl sites for hydroxylation is 1. The average Bonchev–Trinajstić information content (AvgIpc) is 3.38. The molecule has 2 amide bonds. The first kappa shape index (κ1) is 24.6. The molecule has 2 N–H and O–H groups in total. The highest BCUT2D eigenvalue weighted by atomic mass is 16.5. The van der Waals surface area contributed by atoms with E-state index in [0.717, 1.165) is 59.1 Å². The molecule has 0 saturated carbocycles. The molecular formula is C28H36N5O3-. The zero-order valence-corrected chi connectivity index (χ0v) is 21.4. The van der Waals surface area contributed by atoms with Crippen LogP contribution in [0.2, 0.25) is 0 Å². The van der Waals surface area contributed by atoms with E-state index in [-0.39, 0.29) is 24.0 Å². The van der Waals surface area contributed by atoms with Gasteiger partial charge in [-0.25, -0.2) is 9.78 Å². The van der Waals surface area contributed by atoms with Crippen molar-refractivity contribution in [2.24, 2.45) is 5.92 Å². The van der Waals surface area contributed by atoms with Gasteiger partial charge in [-0.2, -0.15) is 0 Å². The summed E-state index contributed by atoms with van der Waals surface area (Å²) in [7, 11) is 0. The van der Waals surface area contributed by atoms with Crippen LogP contribution in [0.15, 0.2) is 36.4 Å². The second-order valence-electron chi connectivity index (χ2n) is 10.4. The Balaban J connectivity index is 1.42. The molecule has 3 aliphatic rings. The Labute approximate surface area is 213 Å². The highest BCUT2D eigenvalue weighted by molar-refractivity contribution is 5.85. The molecule has 5 rings (SSSR count). The Kier molecular flexibility index (Phi) is 7.16. The van der Waals surface area contributed by atoms with Crippen molar-refractivity contribution >= 4 is 23.6 Å². The number of carbonyl (C=O) groups excluding carboxylic acids is 1. The van der Waals surface area contributed by atoms with Crippen LogP contribution >= 0.6 is 0 Å². The summed E-state index contributed by atoms with van der Waals surface area (Å²) in [4.78, 5) is 19.4. The van der Waals surface area contributed by atoms with Crippen molar-refractivity contribution in [3.63, 3.8) is 0 Å². The van der Waals surface area contributed by atoms with Gasteiger partial charge >= 0.3 is 6.03 Å². The number of hydrogen-bond donors (Lipinski definition) is 2. The highest BCUT2D eigenvalue weighted by Crippen LogP contribution is 2.44. The number of nitrogens with zero attached hydrogens (tertiary/aromatic N) is 3. The van der Waals surface area contributed by atoms with E-state index in [1.165, 1.54) is 0 Å². The van der Waals surface area contributed by atoms with Gasteiger partial charge in [0, 0.05) is 49.0 Å². The number of aromatic nitrogens is 1. The number of carbonyl (C=O) groups is 1. The fourth-order valence-electron chi connectivity index (χ4n) is 5.50. The molecule has 0 aliphatic carbocycles. The summed E-state index contributed by atoms with van der Waals surface area (Å²) < 4.78 is 5.68. The van der Waals surface area contributed by atoms with E-state index in [0.29, 0.717) is 25.5 Å². The Morgan fingerprint density at radius 1 is 1.19 bits per heavy atom. The summed E-state index contributed by atoms with van der Waals surface area (Å²) >= 11 is 0. The number of nitrogens with one attached hydrogen (secondary N) is 2. The standard InChI is InChI=1S/C28H36N5O3/c1-18(2)29-28(34)32-13-6-8-22(16-32)30-25-11-10-20-15-24(23-9-5-4-7-19(23)3)33(35)27(26(20)31-25)21-12-14-36-17-21/h4-5,7,9-11,15,18,21-22,27H,6,8,12-14,16-17H2,1-3H3,(H,29,34)(H,30,31)/q-1. The lowest BCUT2D eigenvalue weighted by Gasteiger charge is -2.46. The van der Waals surface area contributed by atoms with Gasteiger partial charge in [0.25, 0.3) is 0 Å². The smallest absolute Gasteiger partial charge is 0.317 e. The van der Waals surface area contributed by atoms with Crippen LogP contribution in [0.3, 0.4) is 0 Å². The number of fused-ring (bicyclic) bond motifs is 1. The van der Waals surface area contributed by atoms with Gasteiger partial charge in [-0.1, -0.05) is 24.3 Å². The molecule has 3 atom stereocenters. The van der Waals surface area contributed by atoms with E-state index < -0.39 is 6.04 Å². The maximum atomic E-state index is 13.8. The van der Waals surface area contributed by atoms with Crippen LogP contribution in [0.5, 0.6) is 0 Å². The molecule has 8 heteroatoms. The number of ether oxygens (including phenoxy) is 1. The predicted molar refractivity (Wildman–Crippen MR) is 142 cm³/mol. The number of anilines is 1. The van der Waals surface area contributed by atoms with Crippen LogP contribution in [-0.4, -0.2) is 59.4 Å². The molecule has 0 spiro atoms. The van der Waals surface area contributed by atoms with Gasteiger partial charge in [0.1, 0.15) is 5.82 Å². The summed E-state index contributed by atoms with van der Waals surface area (Å²) in [6, 6.07) is 11.9. The summed E-state index contributed by atoms with van der Waals surface area (Å²) in [5.74, 6) is 0.830. The van der Waals surface area contributed by atoms with Gasteiger partial charge in [0.05, 0.1) is 18.3 Å². The van der Waals surface area contributed by atoms with E-state index in [9.17, 15) is 10.0 Å². The number of rotatable bonds is 5. The first-order valence-corrected chi connectivity index (χ1v) is 13.1. The molecule has 3 unspecified atom stereocenters. The quantitative estimate of drug-likeness (QED) is 0.627. The molecule has 3 aliphatic heterocycles. The van der Waals surface area contributed by atoms with Crippen molar-refractivity contribution in [2.45, 2.75) is 58.2 Å². The van der Waals surface area contributed by atoms with Gasteiger partial charge < -0.3 is 30.5 Å². The van der Waals surface area contributed by atoms with Crippen molar-refractivity contribution < 1.29 is 9.53 Å². The van der Waals surface area contributed by atoms with Gasteiger partial charge in [0.2, 0.25) is 0 Å². The minimum atomic E-state index is -0.400. The number of hydroxylamine groups is 2. The SMILES string of the molecule is Cc1ccccc1C1=Cc2ccc(NC3CCCN(C(=O)NC(C)C)C3)nc2C(C2CCOC2)N1[O-]. The number of likely N-dealkylation sites (tertiary alicyclic amines) is 1. The van der Waals surface area contributed by atoms with Crippen molar-refractivity contribution in [1.82, 2.24) is 20.3 Å². The van der Waals surface area contributed by atoms with Crippen molar-refractivity contribution in [2.75, 3.05) is 31.6 Å². The Hall–Kier alpha value is -3.10. The summed E-state index contributed by atoms with van der Waals surface area (Å²) in [6.45, 7) is 8.59. The van der Waals surface area contributed by atoms with Crippen LogP contribution in [0.1, 0.15) is 61.5 Å². The summed E-state index contributed by atoms with van der Waals surface area (Å²) in [5.41, 5.74) is 4.48. The highest BCUT2D eigenvalue weighted by Gasteiger charge is 2.35. The third kappa shape index (κ3) is 5.06. The van der Waals surface area contributed by atoms with E-state index in [2.05, 4.69) is 16.7 Å². The van der Waals surface area contributed by atoms with Crippen LogP contribution < -0.4 is 10.6 Å². The fraction of sp³-hybridized carbons (Fsp3) is 0.500. The van der Waals surface area contributed by atoms with Crippen molar-refractivity contribution in [1.29, 1.82) is 0 Å². The molecule has 4 heterocycles. The lowest BCUT2D eigenvalue weighted by atomic mass is 9.88. The molecule has 2 saturated heterocycles. The third-order valence-electron chi connectivity index (χ3n) is 7.33. The molecule has 0 bridgehead atoms. The molecule has 1 aromatic heterocycles. The maximum absolute atomic E-state index is 13.8. The largest absolute Gasteiger partial charge is 0.758 e. The van der Waals surface area contributed by atoms with Crippen LogP contribution in [0.25, 0.3) is 11.8 Å². The second-order valence-corrected chi connectivity index (χ2v) is 10.4. The van der Waals surface area contributed by atoms with Gasteiger partial charge in [-0.05, 0) is 69.4 Å². The van der Waals surface area contributed by atoms with Gasteiger partial charge in [0.15, 0.2) is 0 Å². The monoisotopic (exact) mass is 490 g/mol. The zero-order chi connectivity index (χ0) is 25.2. The van der Waals surface area contributed by atoms with Gasteiger partial charge in [-0.3, -0.25) is 0 Å². The fourth-order valence-corrected chi connectivity index (χ4v) is 5.50. The zero-order valence-electron chi connectivity index (χ0n) is 21.4. The van der Waals surface area contributed by atoms with E-state index in [4.69, 9.17) is 9.72 Å². The molecule has 36 heavy (non-hydrogen) atoms. The van der Waals surface area contributed by atoms with E-state index >= 15 is 0 Å².